The van der Waals surface area contributed by atoms with Gasteiger partial charge in [0.25, 0.3) is 0 Å². The number of halogens is 2. The smallest absolute Gasteiger partial charge is 0.224 e. The van der Waals surface area contributed by atoms with Crippen LogP contribution in [0.1, 0.15) is 18.5 Å². The third-order valence-electron chi connectivity index (χ3n) is 2.25. The van der Waals surface area contributed by atoms with Gasteiger partial charge in [-0.3, -0.25) is 4.98 Å². The molecule has 2 aromatic heterocycles. The molecule has 0 saturated carbocycles. The fourth-order valence-electron chi connectivity index (χ4n) is 1.37. The molecule has 0 aliphatic rings. The second-order valence-electron chi connectivity index (χ2n) is 3.49. The van der Waals surface area contributed by atoms with Crippen molar-refractivity contribution < 1.29 is 0 Å². The fourth-order valence-corrected chi connectivity index (χ4v) is 1.65. The van der Waals surface area contributed by atoms with Gasteiger partial charge in [0.2, 0.25) is 5.28 Å². The van der Waals surface area contributed by atoms with E-state index in [1.54, 1.807) is 12.4 Å². The lowest BCUT2D eigenvalue weighted by Gasteiger charge is -2.15. The topological polar surface area (TPSA) is 50.7 Å². The number of nitrogens with one attached hydrogen (secondary N) is 1. The van der Waals surface area contributed by atoms with Gasteiger partial charge in [0.15, 0.2) is 0 Å². The van der Waals surface area contributed by atoms with Crippen LogP contribution in [0.5, 0.6) is 0 Å². The summed E-state index contributed by atoms with van der Waals surface area (Å²) in [6.45, 7) is 1.99. The van der Waals surface area contributed by atoms with Crippen molar-refractivity contribution in [2.45, 2.75) is 13.0 Å². The van der Waals surface area contributed by atoms with Crippen LogP contribution in [0.2, 0.25) is 10.3 Å². The van der Waals surface area contributed by atoms with Gasteiger partial charge in [0.05, 0.1) is 12.2 Å². The van der Waals surface area contributed by atoms with Crippen LogP contribution in [0.25, 0.3) is 0 Å². The molecule has 88 valence electrons. The van der Waals surface area contributed by atoms with Gasteiger partial charge in [0, 0.05) is 12.4 Å². The molecule has 0 spiro atoms. The van der Waals surface area contributed by atoms with E-state index in [-0.39, 0.29) is 11.3 Å². The molecule has 0 aliphatic heterocycles. The summed E-state index contributed by atoms with van der Waals surface area (Å²) in [7, 11) is 0. The van der Waals surface area contributed by atoms with Crippen LogP contribution >= 0.6 is 23.2 Å². The Morgan fingerprint density at radius 3 is 2.82 bits per heavy atom. The summed E-state index contributed by atoms with van der Waals surface area (Å²) < 4.78 is 0. The lowest BCUT2D eigenvalue weighted by atomic mass is 10.1. The summed E-state index contributed by atoms with van der Waals surface area (Å²) in [6, 6.07) is 3.89. The Labute approximate surface area is 109 Å². The van der Waals surface area contributed by atoms with Gasteiger partial charge in [-0.2, -0.15) is 4.98 Å². The van der Waals surface area contributed by atoms with E-state index in [0.717, 1.165) is 5.56 Å². The molecular formula is C11H10Cl2N4. The van der Waals surface area contributed by atoms with Gasteiger partial charge in [-0.1, -0.05) is 17.7 Å². The average molecular weight is 269 g/mol. The first-order valence-electron chi connectivity index (χ1n) is 5.01. The van der Waals surface area contributed by atoms with Crippen molar-refractivity contribution in [1.29, 1.82) is 0 Å². The third-order valence-corrected chi connectivity index (χ3v) is 2.71. The molecule has 0 aromatic carbocycles. The monoisotopic (exact) mass is 268 g/mol. The van der Waals surface area contributed by atoms with E-state index in [9.17, 15) is 0 Å². The van der Waals surface area contributed by atoms with Gasteiger partial charge < -0.3 is 5.32 Å². The zero-order chi connectivity index (χ0) is 12.3. The van der Waals surface area contributed by atoms with Crippen LogP contribution in [0, 0.1) is 0 Å². The summed E-state index contributed by atoms with van der Waals surface area (Å²) in [5.41, 5.74) is 1.04. The largest absolute Gasteiger partial charge is 0.362 e. The highest BCUT2D eigenvalue weighted by Gasteiger charge is 2.09. The molecule has 1 N–H and O–H groups in total. The fraction of sp³-hybridized carbons (Fsp3) is 0.182. The third kappa shape index (κ3) is 3.05. The first-order chi connectivity index (χ1) is 8.16. The Morgan fingerprint density at radius 1 is 1.29 bits per heavy atom. The minimum atomic E-state index is 0.0344. The van der Waals surface area contributed by atoms with Gasteiger partial charge in [-0.25, -0.2) is 4.98 Å². The standard InChI is InChI=1S/C11H10Cl2N4/c1-7(8-3-2-4-14-5-8)16-10-9(12)6-15-11(13)17-10/h2-7H,1H3,(H,15,16,17). The first kappa shape index (κ1) is 12.1. The first-order valence-corrected chi connectivity index (χ1v) is 5.77. The highest BCUT2D eigenvalue weighted by molar-refractivity contribution is 6.33. The van der Waals surface area contributed by atoms with E-state index in [2.05, 4.69) is 20.3 Å². The number of hydrogen-bond donors (Lipinski definition) is 1. The molecule has 1 unspecified atom stereocenters. The minimum absolute atomic E-state index is 0.0344. The zero-order valence-electron chi connectivity index (χ0n) is 9.06. The Hall–Kier alpha value is -1.39. The number of rotatable bonds is 3. The molecule has 0 bridgehead atoms. The van der Waals surface area contributed by atoms with E-state index in [1.807, 2.05) is 19.1 Å². The number of nitrogens with zero attached hydrogens (tertiary/aromatic N) is 3. The van der Waals surface area contributed by atoms with Crippen LogP contribution in [0.4, 0.5) is 5.82 Å². The van der Waals surface area contributed by atoms with Gasteiger partial charge in [0.1, 0.15) is 10.8 Å². The quantitative estimate of drug-likeness (QED) is 0.868. The maximum Gasteiger partial charge on any atom is 0.224 e. The molecule has 17 heavy (non-hydrogen) atoms. The molecule has 2 aromatic rings. The molecule has 0 aliphatic carbocycles. The number of pyridine rings is 1. The predicted molar refractivity (Wildman–Crippen MR) is 68.3 cm³/mol. The van der Waals surface area contributed by atoms with Crippen molar-refractivity contribution in [3.05, 3.63) is 46.6 Å². The SMILES string of the molecule is CC(Nc1nc(Cl)ncc1Cl)c1cccnc1. The van der Waals surface area contributed by atoms with Crippen LogP contribution < -0.4 is 5.32 Å². The summed E-state index contributed by atoms with van der Waals surface area (Å²) in [6.07, 6.45) is 4.98. The van der Waals surface area contributed by atoms with Crippen molar-refractivity contribution in [1.82, 2.24) is 15.0 Å². The van der Waals surface area contributed by atoms with Crippen molar-refractivity contribution in [3.8, 4) is 0 Å². The van der Waals surface area contributed by atoms with E-state index in [1.165, 1.54) is 6.20 Å². The normalized spacial score (nSPS) is 12.2. The lowest BCUT2D eigenvalue weighted by molar-refractivity contribution is 0.864. The molecule has 2 heterocycles. The second kappa shape index (κ2) is 5.29. The van der Waals surface area contributed by atoms with Crippen molar-refractivity contribution in [2.75, 3.05) is 5.32 Å². The number of aromatic nitrogens is 3. The molecule has 0 radical (unpaired) electrons. The Balaban J connectivity index is 2.18. The summed E-state index contributed by atoms with van der Waals surface area (Å²) in [4.78, 5) is 11.9. The highest BCUT2D eigenvalue weighted by atomic mass is 35.5. The maximum atomic E-state index is 5.97. The average Bonchev–Trinajstić information content (AvgIpc) is 2.35. The van der Waals surface area contributed by atoms with Crippen LogP contribution in [0.15, 0.2) is 30.7 Å². The van der Waals surface area contributed by atoms with Crippen molar-refractivity contribution in [2.24, 2.45) is 0 Å². The lowest BCUT2D eigenvalue weighted by Crippen LogP contribution is -2.09. The van der Waals surface area contributed by atoms with E-state index < -0.39 is 0 Å². The Kier molecular flexibility index (Phi) is 3.76. The second-order valence-corrected chi connectivity index (χ2v) is 4.23. The summed E-state index contributed by atoms with van der Waals surface area (Å²) >= 11 is 11.7. The maximum absolute atomic E-state index is 5.97. The Morgan fingerprint density at radius 2 is 2.12 bits per heavy atom. The molecule has 0 amide bonds. The molecule has 0 saturated heterocycles. The van der Waals surface area contributed by atoms with Crippen LogP contribution in [0.3, 0.4) is 0 Å². The van der Waals surface area contributed by atoms with Crippen molar-refractivity contribution in [3.63, 3.8) is 0 Å². The minimum Gasteiger partial charge on any atom is -0.362 e. The van der Waals surface area contributed by atoms with Crippen molar-refractivity contribution >= 4 is 29.0 Å². The van der Waals surface area contributed by atoms with Gasteiger partial charge in [-0.05, 0) is 30.2 Å². The molecular weight excluding hydrogens is 259 g/mol. The van der Waals surface area contributed by atoms with Gasteiger partial charge >= 0.3 is 0 Å². The van der Waals surface area contributed by atoms with Crippen LogP contribution in [-0.4, -0.2) is 15.0 Å². The Bertz CT molecular complexity index is 504. The number of hydrogen-bond acceptors (Lipinski definition) is 4. The van der Waals surface area contributed by atoms with E-state index >= 15 is 0 Å². The molecule has 4 nitrogen and oxygen atoms in total. The molecule has 0 fully saturated rings. The summed E-state index contributed by atoms with van der Waals surface area (Å²) in [5, 5.41) is 3.76. The van der Waals surface area contributed by atoms with Crippen LogP contribution in [-0.2, 0) is 0 Å². The molecule has 2 rings (SSSR count). The van der Waals surface area contributed by atoms with E-state index in [4.69, 9.17) is 23.2 Å². The molecule has 6 heteroatoms. The highest BCUT2D eigenvalue weighted by Crippen LogP contribution is 2.24. The number of anilines is 1. The molecule has 1 atom stereocenters. The predicted octanol–water partition coefficient (Wildman–Crippen LogP) is 3.35. The van der Waals surface area contributed by atoms with E-state index in [0.29, 0.717) is 10.8 Å². The van der Waals surface area contributed by atoms with Gasteiger partial charge in [-0.15, -0.1) is 0 Å². The zero-order valence-corrected chi connectivity index (χ0v) is 10.6. The summed E-state index contributed by atoms with van der Waals surface area (Å²) in [5.74, 6) is 0.517.